The van der Waals surface area contributed by atoms with Crippen LogP contribution in [0.3, 0.4) is 0 Å². The molecule has 17 heavy (non-hydrogen) atoms. The van der Waals surface area contributed by atoms with Crippen molar-refractivity contribution in [3.8, 4) is 0 Å². The molecule has 1 N–H and O–H groups in total. The van der Waals surface area contributed by atoms with Crippen LogP contribution in [-0.4, -0.2) is 35.6 Å². The van der Waals surface area contributed by atoms with Gasteiger partial charge in [0.25, 0.3) is 0 Å². The Hall–Kier alpha value is -1.09. The van der Waals surface area contributed by atoms with E-state index in [1.165, 1.54) is 37.9 Å². The first kappa shape index (κ1) is 12.4. The molecule has 0 spiro atoms. The van der Waals surface area contributed by atoms with E-state index in [4.69, 9.17) is 0 Å². The van der Waals surface area contributed by atoms with Gasteiger partial charge in [-0.2, -0.15) is 0 Å². The fraction of sp³-hybridized carbons (Fsp3) is 0.643. The van der Waals surface area contributed by atoms with Gasteiger partial charge in [-0.05, 0) is 51.4 Å². The number of nitrogens with zero attached hydrogens (tertiary/aromatic N) is 2. The molecule has 3 heteroatoms. The van der Waals surface area contributed by atoms with E-state index in [0.717, 1.165) is 12.4 Å². The number of aromatic nitrogens is 1. The van der Waals surface area contributed by atoms with E-state index < -0.39 is 0 Å². The van der Waals surface area contributed by atoms with Crippen LogP contribution in [0.1, 0.15) is 31.7 Å². The topological polar surface area (TPSA) is 28.2 Å². The maximum Gasteiger partial charge on any atom is 0.128 e. The molecular formula is C14H23N3. The highest BCUT2D eigenvalue weighted by Crippen LogP contribution is 2.14. The van der Waals surface area contributed by atoms with E-state index in [1.807, 2.05) is 12.3 Å². The van der Waals surface area contributed by atoms with E-state index in [-0.39, 0.29) is 0 Å². The first-order valence-corrected chi connectivity index (χ1v) is 6.67. The number of hydrogen-bond acceptors (Lipinski definition) is 3. The lowest BCUT2D eigenvalue weighted by Gasteiger charge is -2.32. The minimum Gasteiger partial charge on any atom is -0.368 e. The van der Waals surface area contributed by atoms with Crippen molar-refractivity contribution < 1.29 is 0 Å². The molecule has 1 fully saturated rings. The van der Waals surface area contributed by atoms with Crippen LogP contribution in [0.25, 0.3) is 0 Å². The number of hydrogen-bond donors (Lipinski definition) is 1. The van der Waals surface area contributed by atoms with Gasteiger partial charge in [-0.15, -0.1) is 0 Å². The predicted octanol–water partition coefficient (Wildman–Crippen LogP) is 2.68. The van der Waals surface area contributed by atoms with Crippen molar-refractivity contribution in [3.05, 3.63) is 23.9 Å². The summed E-state index contributed by atoms with van der Waals surface area (Å²) in [5, 5.41) is 3.46. The normalized spacial score (nSPS) is 18.9. The van der Waals surface area contributed by atoms with Crippen LogP contribution in [0.2, 0.25) is 0 Å². The number of aryl methyl sites for hydroxylation is 1. The molecule has 0 radical (unpaired) electrons. The Morgan fingerprint density at radius 2 is 2.12 bits per heavy atom. The second kappa shape index (κ2) is 6.01. The molecule has 0 bridgehead atoms. The molecule has 1 aromatic rings. The minimum atomic E-state index is 0.594. The van der Waals surface area contributed by atoms with Gasteiger partial charge in [0.15, 0.2) is 0 Å². The first-order valence-electron chi connectivity index (χ1n) is 6.67. The van der Waals surface area contributed by atoms with Gasteiger partial charge >= 0.3 is 0 Å². The smallest absolute Gasteiger partial charge is 0.128 e. The number of nitrogens with one attached hydrogen (secondary N) is 1. The second-order valence-electron chi connectivity index (χ2n) is 5.00. The van der Waals surface area contributed by atoms with Gasteiger partial charge in [0.05, 0.1) is 0 Å². The summed E-state index contributed by atoms with van der Waals surface area (Å²) < 4.78 is 0. The Kier molecular flexibility index (Phi) is 4.37. The maximum atomic E-state index is 4.37. The number of likely N-dealkylation sites (tertiary alicyclic amines) is 1. The lowest BCUT2D eigenvalue weighted by Crippen LogP contribution is -2.41. The van der Waals surface area contributed by atoms with Crippen LogP contribution in [0, 0.1) is 6.92 Å². The zero-order valence-corrected chi connectivity index (χ0v) is 10.9. The SMILES string of the molecule is Cc1cccnc1NCC(C)N1CCCCC1. The highest BCUT2D eigenvalue weighted by atomic mass is 15.2. The van der Waals surface area contributed by atoms with E-state index >= 15 is 0 Å². The van der Waals surface area contributed by atoms with Crippen LogP contribution >= 0.6 is 0 Å². The lowest BCUT2D eigenvalue weighted by atomic mass is 10.1. The molecule has 3 nitrogen and oxygen atoms in total. The van der Waals surface area contributed by atoms with Gasteiger partial charge in [-0.25, -0.2) is 4.98 Å². The summed E-state index contributed by atoms with van der Waals surface area (Å²) in [4.78, 5) is 6.94. The molecule has 1 aliphatic heterocycles. The third-order valence-corrected chi connectivity index (χ3v) is 3.59. The van der Waals surface area contributed by atoms with Crippen molar-refractivity contribution in [1.29, 1.82) is 0 Å². The quantitative estimate of drug-likeness (QED) is 0.866. The second-order valence-corrected chi connectivity index (χ2v) is 5.00. The Labute approximate surface area is 104 Å². The number of anilines is 1. The van der Waals surface area contributed by atoms with Crippen molar-refractivity contribution in [1.82, 2.24) is 9.88 Å². The molecule has 2 rings (SSSR count). The van der Waals surface area contributed by atoms with Crippen LogP contribution < -0.4 is 5.32 Å². The number of rotatable bonds is 4. The Bertz CT molecular complexity index is 345. The predicted molar refractivity (Wildman–Crippen MR) is 72.3 cm³/mol. The van der Waals surface area contributed by atoms with Gasteiger partial charge in [0.1, 0.15) is 5.82 Å². The molecule has 1 atom stereocenters. The fourth-order valence-electron chi connectivity index (χ4n) is 2.40. The average Bonchev–Trinajstić information content (AvgIpc) is 2.38. The summed E-state index contributed by atoms with van der Waals surface area (Å²) in [5.74, 6) is 1.02. The molecule has 1 unspecified atom stereocenters. The lowest BCUT2D eigenvalue weighted by molar-refractivity contribution is 0.180. The summed E-state index contributed by atoms with van der Waals surface area (Å²) in [6.45, 7) is 7.89. The Morgan fingerprint density at radius 1 is 1.35 bits per heavy atom. The van der Waals surface area contributed by atoms with E-state index in [9.17, 15) is 0 Å². The largest absolute Gasteiger partial charge is 0.368 e. The summed E-state index contributed by atoms with van der Waals surface area (Å²) >= 11 is 0. The van der Waals surface area contributed by atoms with Crippen LogP contribution in [0.4, 0.5) is 5.82 Å². The van der Waals surface area contributed by atoms with Crippen molar-refractivity contribution in [2.75, 3.05) is 25.0 Å². The molecule has 1 aliphatic rings. The van der Waals surface area contributed by atoms with Crippen LogP contribution in [-0.2, 0) is 0 Å². The molecular weight excluding hydrogens is 210 g/mol. The summed E-state index contributed by atoms with van der Waals surface area (Å²) in [6.07, 6.45) is 5.96. The van der Waals surface area contributed by atoms with Gasteiger partial charge in [-0.1, -0.05) is 12.5 Å². The van der Waals surface area contributed by atoms with Gasteiger partial charge in [0.2, 0.25) is 0 Å². The van der Waals surface area contributed by atoms with Crippen molar-refractivity contribution in [2.24, 2.45) is 0 Å². The minimum absolute atomic E-state index is 0.594. The average molecular weight is 233 g/mol. The van der Waals surface area contributed by atoms with E-state index in [2.05, 4.69) is 35.1 Å². The van der Waals surface area contributed by atoms with Gasteiger partial charge in [0, 0.05) is 18.8 Å². The molecule has 0 saturated carbocycles. The third kappa shape index (κ3) is 3.43. The van der Waals surface area contributed by atoms with Crippen LogP contribution in [0.15, 0.2) is 18.3 Å². The standard InChI is InChI=1S/C14H23N3/c1-12-7-6-8-15-14(12)16-11-13(2)17-9-4-3-5-10-17/h6-8,13H,3-5,9-11H2,1-2H3,(H,15,16). The molecule has 0 aromatic carbocycles. The monoisotopic (exact) mass is 233 g/mol. The molecule has 94 valence electrons. The number of pyridine rings is 1. The first-order chi connectivity index (χ1) is 8.27. The van der Waals surface area contributed by atoms with Crippen LogP contribution in [0.5, 0.6) is 0 Å². The Morgan fingerprint density at radius 3 is 2.82 bits per heavy atom. The van der Waals surface area contributed by atoms with E-state index in [1.54, 1.807) is 0 Å². The molecule has 0 amide bonds. The zero-order valence-electron chi connectivity index (χ0n) is 10.9. The molecule has 0 aliphatic carbocycles. The van der Waals surface area contributed by atoms with Crippen molar-refractivity contribution >= 4 is 5.82 Å². The van der Waals surface area contributed by atoms with Gasteiger partial charge in [-0.3, -0.25) is 4.90 Å². The number of piperidine rings is 1. The highest BCUT2D eigenvalue weighted by Gasteiger charge is 2.16. The summed E-state index contributed by atoms with van der Waals surface area (Å²) in [7, 11) is 0. The highest BCUT2D eigenvalue weighted by molar-refractivity contribution is 5.42. The summed E-state index contributed by atoms with van der Waals surface area (Å²) in [5.41, 5.74) is 1.22. The van der Waals surface area contributed by atoms with Crippen molar-refractivity contribution in [3.63, 3.8) is 0 Å². The zero-order chi connectivity index (χ0) is 12.1. The molecule has 1 saturated heterocycles. The van der Waals surface area contributed by atoms with Crippen molar-refractivity contribution in [2.45, 2.75) is 39.2 Å². The van der Waals surface area contributed by atoms with E-state index in [0.29, 0.717) is 6.04 Å². The van der Waals surface area contributed by atoms with Gasteiger partial charge < -0.3 is 5.32 Å². The fourth-order valence-corrected chi connectivity index (χ4v) is 2.40. The molecule has 2 heterocycles. The summed E-state index contributed by atoms with van der Waals surface area (Å²) in [6, 6.07) is 4.67. The molecule has 1 aromatic heterocycles. The Balaban J connectivity index is 1.83. The maximum absolute atomic E-state index is 4.37. The third-order valence-electron chi connectivity index (χ3n) is 3.59.